The summed E-state index contributed by atoms with van der Waals surface area (Å²) in [6.45, 7) is 20.4. The Hall–Kier alpha value is -0.300. The molecular weight excluding hydrogens is 376 g/mol. The average molecular weight is 427 g/mol. The monoisotopic (exact) mass is 426 g/mol. The number of aliphatic hydroxyl groups excluding tert-OH is 1. The molecule has 0 aliphatic heterocycles. The summed E-state index contributed by atoms with van der Waals surface area (Å²) in [6.07, 6.45) is 15.8. The first-order valence-corrected chi connectivity index (χ1v) is 13.6. The van der Waals surface area contributed by atoms with Gasteiger partial charge in [-0.15, -0.1) is 0 Å². The Labute approximate surface area is 192 Å². The second-order valence-electron chi connectivity index (χ2n) is 15.3. The molecular formula is C30H50O. The van der Waals surface area contributed by atoms with Crippen molar-refractivity contribution in [2.75, 3.05) is 0 Å². The van der Waals surface area contributed by atoms with Crippen molar-refractivity contribution in [3.05, 3.63) is 11.6 Å². The standard InChI is InChI=1S/C30H50O/c1-25(2)17-18-27(5)13-9-21-29(7)14-10-20-26(3,4)24(31)12-16-28(20,6)22(29)11-15-30(21,8)23(27)19-25/h9,20,22-24,31H,10-19H2,1-8H3/t20-,22+,23+,24?,27+,28+,29+,30-/m1/s1. The molecule has 0 aromatic rings. The number of hydrogen-bond donors (Lipinski definition) is 1. The van der Waals surface area contributed by atoms with E-state index in [4.69, 9.17) is 0 Å². The van der Waals surface area contributed by atoms with E-state index in [9.17, 15) is 5.11 Å². The molecule has 5 aliphatic carbocycles. The zero-order valence-corrected chi connectivity index (χ0v) is 21.9. The van der Waals surface area contributed by atoms with Gasteiger partial charge in [-0.05, 0) is 114 Å². The number of rotatable bonds is 0. The molecule has 31 heavy (non-hydrogen) atoms. The highest BCUT2D eigenvalue weighted by molar-refractivity contribution is 5.34. The maximum Gasteiger partial charge on any atom is 0.0594 e. The Balaban J connectivity index is 1.56. The third kappa shape index (κ3) is 2.83. The molecule has 0 aromatic carbocycles. The summed E-state index contributed by atoms with van der Waals surface area (Å²) in [5.41, 5.74) is 4.07. The lowest BCUT2D eigenvalue weighted by Crippen LogP contribution is -2.63. The summed E-state index contributed by atoms with van der Waals surface area (Å²) in [5, 5.41) is 10.9. The van der Waals surface area contributed by atoms with Crippen LogP contribution in [0.25, 0.3) is 0 Å². The van der Waals surface area contributed by atoms with Gasteiger partial charge < -0.3 is 5.11 Å². The summed E-state index contributed by atoms with van der Waals surface area (Å²) in [6, 6.07) is 0. The molecule has 0 heterocycles. The van der Waals surface area contributed by atoms with Crippen LogP contribution in [0.15, 0.2) is 11.6 Å². The summed E-state index contributed by atoms with van der Waals surface area (Å²) in [4.78, 5) is 0. The fourth-order valence-corrected chi connectivity index (χ4v) is 10.8. The van der Waals surface area contributed by atoms with Gasteiger partial charge in [0.15, 0.2) is 0 Å². The van der Waals surface area contributed by atoms with E-state index < -0.39 is 0 Å². The summed E-state index contributed by atoms with van der Waals surface area (Å²) < 4.78 is 0. The Morgan fingerprint density at radius 1 is 0.710 bits per heavy atom. The van der Waals surface area contributed by atoms with E-state index in [0.717, 1.165) is 18.3 Å². The predicted octanol–water partition coefficient (Wildman–Crippen LogP) is 8.17. The molecule has 1 heteroatoms. The van der Waals surface area contributed by atoms with Gasteiger partial charge in [0.1, 0.15) is 0 Å². The summed E-state index contributed by atoms with van der Waals surface area (Å²) in [7, 11) is 0. The van der Waals surface area contributed by atoms with Crippen LogP contribution in [0.5, 0.6) is 0 Å². The minimum absolute atomic E-state index is 0.0575. The fraction of sp³-hybridized carbons (Fsp3) is 0.933. The molecule has 1 N–H and O–H groups in total. The predicted molar refractivity (Wildman–Crippen MR) is 131 cm³/mol. The largest absolute Gasteiger partial charge is 0.393 e. The average Bonchev–Trinajstić information content (AvgIpc) is 2.66. The van der Waals surface area contributed by atoms with E-state index in [-0.39, 0.29) is 11.5 Å². The van der Waals surface area contributed by atoms with E-state index in [0.29, 0.717) is 33.0 Å². The molecule has 5 aliphatic rings. The van der Waals surface area contributed by atoms with Gasteiger partial charge in [0.05, 0.1) is 6.10 Å². The normalized spacial score (nSPS) is 55.2. The molecule has 0 aromatic heterocycles. The Morgan fingerprint density at radius 3 is 2.00 bits per heavy atom. The van der Waals surface area contributed by atoms with Crippen molar-refractivity contribution in [1.82, 2.24) is 0 Å². The first kappa shape index (κ1) is 22.5. The maximum atomic E-state index is 10.9. The molecule has 4 fully saturated rings. The molecule has 1 unspecified atom stereocenters. The van der Waals surface area contributed by atoms with Crippen molar-refractivity contribution in [3.8, 4) is 0 Å². The molecule has 0 saturated heterocycles. The third-order valence-corrected chi connectivity index (χ3v) is 12.7. The van der Waals surface area contributed by atoms with Gasteiger partial charge in [-0.1, -0.05) is 67.0 Å². The van der Waals surface area contributed by atoms with Gasteiger partial charge >= 0.3 is 0 Å². The highest BCUT2D eigenvalue weighted by Gasteiger charge is 2.66. The van der Waals surface area contributed by atoms with Crippen LogP contribution in [0, 0.1) is 50.2 Å². The van der Waals surface area contributed by atoms with Crippen LogP contribution >= 0.6 is 0 Å². The van der Waals surface area contributed by atoms with Crippen molar-refractivity contribution < 1.29 is 5.11 Å². The van der Waals surface area contributed by atoms with E-state index in [1.165, 1.54) is 57.8 Å². The zero-order chi connectivity index (χ0) is 22.7. The van der Waals surface area contributed by atoms with Gasteiger partial charge in [0.25, 0.3) is 0 Å². The smallest absolute Gasteiger partial charge is 0.0594 e. The van der Waals surface area contributed by atoms with E-state index >= 15 is 0 Å². The van der Waals surface area contributed by atoms with Crippen molar-refractivity contribution in [3.63, 3.8) is 0 Å². The molecule has 0 radical (unpaired) electrons. The molecule has 176 valence electrons. The molecule has 1 nitrogen and oxygen atoms in total. The van der Waals surface area contributed by atoms with Gasteiger partial charge in [-0.3, -0.25) is 0 Å². The molecule has 4 saturated carbocycles. The van der Waals surface area contributed by atoms with E-state index in [2.05, 4.69) is 61.5 Å². The van der Waals surface area contributed by atoms with Gasteiger partial charge in [0, 0.05) is 0 Å². The van der Waals surface area contributed by atoms with Crippen LogP contribution in [0.3, 0.4) is 0 Å². The van der Waals surface area contributed by atoms with Gasteiger partial charge in [-0.2, -0.15) is 0 Å². The van der Waals surface area contributed by atoms with Crippen molar-refractivity contribution >= 4 is 0 Å². The Bertz CT molecular complexity index is 790. The maximum absolute atomic E-state index is 10.9. The lowest BCUT2D eigenvalue weighted by atomic mass is 9.35. The summed E-state index contributed by atoms with van der Waals surface area (Å²) >= 11 is 0. The number of allylic oxidation sites excluding steroid dienone is 2. The van der Waals surface area contributed by atoms with Crippen LogP contribution in [0.4, 0.5) is 0 Å². The lowest BCUT2D eigenvalue weighted by Gasteiger charge is -2.70. The highest BCUT2D eigenvalue weighted by atomic mass is 16.3. The van der Waals surface area contributed by atoms with E-state index in [1.54, 1.807) is 0 Å². The zero-order valence-electron chi connectivity index (χ0n) is 21.9. The van der Waals surface area contributed by atoms with Gasteiger partial charge in [-0.25, -0.2) is 0 Å². The van der Waals surface area contributed by atoms with E-state index in [1.807, 2.05) is 5.57 Å². The van der Waals surface area contributed by atoms with Crippen molar-refractivity contribution in [2.45, 2.75) is 126 Å². The summed E-state index contributed by atoms with van der Waals surface area (Å²) in [5.74, 6) is 2.29. The van der Waals surface area contributed by atoms with Crippen molar-refractivity contribution in [2.24, 2.45) is 50.2 Å². The number of hydrogen-bond acceptors (Lipinski definition) is 1. The minimum atomic E-state index is -0.122. The number of fused-ring (bicyclic) bond motifs is 7. The van der Waals surface area contributed by atoms with Crippen LogP contribution in [0.2, 0.25) is 0 Å². The first-order valence-electron chi connectivity index (χ1n) is 13.6. The third-order valence-electron chi connectivity index (χ3n) is 12.7. The first-order chi connectivity index (χ1) is 14.2. The molecule has 8 atom stereocenters. The van der Waals surface area contributed by atoms with Crippen LogP contribution < -0.4 is 0 Å². The van der Waals surface area contributed by atoms with Crippen LogP contribution in [0.1, 0.15) is 120 Å². The SMILES string of the molecule is CC1(C)CC[C@]2(C)CC=C3[C@]4(C)CC[C@@H]5C(C)(C)C(O)CC[C@]5(C)[C@@H]4CC[C@@]3(C)[C@H]2C1. The molecule has 0 bridgehead atoms. The molecule has 0 spiro atoms. The fourth-order valence-electron chi connectivity index (χ4n) is 10.8. The second-order valence-corrected chi connectivity index (χ2v) is 15.3. The van der Waals surface area contributed by atoms with Crippen LogP contribution in [-0.4, -0.2) is 11.2 Å². The highest BCUT2D eigenvalue weighted by Crippen LogP contribution is 2.74. The van der Waals surface area contributed by atoms with Gasteiger partial charge in [0.2, 0.25) is 0 Å². The lowest BCUT2D eigenvalue weighted by molar-refractivity contribution is -0.184. The molecule has 0 amide bonds. The molecule has 5 rings (SSSR count). The van der Waals surface area contributed by atoms with Crippen LogP contribution in [-0.2, 0) is 0 Å². The quantitative estimate of drug-likeness (QED) is 0.387. The second kappa shape index (κ2) is 6.43. The van der Waals surface area contributed by atoms with Crippen molar-refractivity contribution in [1.29, 1.82) is 0 Å². The topological polar surface area (TPSA) is 20.2 Å². The Morgan fingerprint density at radius 2 is 1.32 bits per heavy atom. The number of aliphatic hydroxyl groups is 1. The Kier molecular flexibility index (Phi) is 4.66. The minimum Gasteiger partial charge on any atom is -0.393 e.